The van der Waals surface area contributed by atoms with Gasteiger partial charge in [0.25, 0.3) is 0 Å². The molecule has 6 aromatic rings. The minimum absolute atomic E-state index is 0.280. The minimum Gasteiger partial charge on any atom is -0.459 e. The summed E-state index contributed by atoms with van der Waals surface area (Å²) < 4.78 is 26.2. The molecule has 0 spiro atoms. The summed E-state index contributed by atoms with van der Waals surface area (Å²) in [7, 11) is 0. The fourth-order valence-corrected chi connectivity index (χ4v) is 5.72. The number of hydrogen-bond donors (Lipinski definition) is 0. The molecule has 1 aliphatic heterocycles. The van der Waals surface area contributed by atoms with Crippen LogP contribution < -0.4 is 0 Å². The van der Waals surface area contributed by atoms with Crippen molar-refractivity contribution in [3.63, 3.8) is 0 Å². The molecule has 9 nitrogen and oxygen atoms in total. The van der Waals surface area contributed by atoms with Gasteiger partial charge in [-0.1, -0.05) is 91.0 Å². The van der Waals surface area contributed by atoms with Gasteiger partial charge in [-0.25, -0.2) is 19.4 Å². The third kappa shape index (κ3) is 6.44. The second kappa shape index (κ2) is 13.7. The molecule has 5 aromatic carbocycles. The summed E-state index contributed by atoms with van der Waals surface area (Å²) in [5.41, 5.74) is 4.30. The second-order valence-electron chi connectivity index (χ2n) is 11.2. The topological polar surface area (TPSA) is 106 Å². The highest BCUT2D eigenvalue weighted by Gasteiger charge is 2.51. The minimum atomic E-state index is -1.16. The van der Waals surface area contributed by atoms with Crippen LogP contribution in [0.1, 0.15) is 37.3 Å². The van der Waals surface area contributed by atoms with E-state index in [1.165, 1.54) is 0 Å². The van der Waals surface area contributed by atoms with Gasteiger partial charge in [0, 0.05) is 0 Å². The number of carbonyl (C=O) groups excluding carboxylic acids is 3. The first-order chi connectivity index (χ1) is 23.5. The molecule has 0 aliphatic carbocycles. The lowest BCUT2D eigenvalue weighted by molar-refractivity contribution is -0.0604. The predicted octanol–water partition coefficient (Wildman–Crippen LogP) is 6.91. The van der Waals surface area contributed by atoms with Gasteiger partial charge < -0.3 is 23.5 Å². The van der Waals surface area contributed by atoms with Crippen LogP contribution in [0.15, 0.2) is 146 Å². The standard InChI is InChI=1S/C39H30N2O7/c42-37(27-15-7-2-8-16-27)45-24-33-34(47-38(43)28-17-9-3-10-18-28)35(48-39(44)29-19-11-4-12-20-29)36(46-33)41-25-40-31-22-21-30(23-32(31)41)26-13-5-1-6-14-26/h1-23,25,33-36H,24H2/t33-,34-,35-,36-/m1/s1. The average Bonchev–Trinajstić information content (AvgIpc) is 3.72. The third-order valence-electron chi connectivity index (χ3n) is 8.14. The predicted molar refractivity (Wildman–Crippen MR) is 177 cm³/mol. The van der Waals surface area contributed by atoms with Crippen LogP contribution in [0, 0.1) is 0 Å². The summed E-state index contributed by atoms with van der Waals surface area (Å²) in [5.74, 6) is -1.85. The lowest BCUT2D eigenvalue weighted by Gasteiger charge is -2.25. The van der Waals surface area contributed by atoms with Gasteiger partial charge in [0.15, 0.2) is 18.4 Å². The van der Waals surface area contributed by atoms with Crippen molar-refractivity contribution in [2.45, 2.75) is 24.5 Å². The molecule has 4 atom stereocenters. The first kappa shape index (κ1) is 30.6. The van der Waals surface area contributed by atoms with Crippen LogP contribution in [0.3, 0.4) is 0 Å². The lowest BCUT2D eigenvalue weighted by atomic mass is 10.1. The van der Waals surface area contributed by atoms with E-state index in [4.69, 9.17) is 18.9 Å². The Balaban J connectivity index is 1.28. The summed E-state index contributed by atoms with van der Waals surface area (Å²) in [5, 5.41) is 0. The molecule has 1 fully saturated rings. The summed E-state index contributed by atoms with van der Waals surface area (Å²) in [6.45, 7) is -0.280. The van der Waals surface area contributed by atoms with E-state index in [1.54, 1.807) is 102 Å². The number of benzene rings is 5. The van der Waals surface area contributed by atoms with Crippen LogP contribution >= 0.6 is 0 Å². The number of aromatic nitrogens is 2. The highest BCUT2D eigenvalue weighted by atomic mass is 16.7. The first-order valence-corrected chi connectivity index (χ1v) is 15.5. The van der Waals surface area contributed by atoms with Crippen molar-refractivity contribution < 1.29 is 33.3 Å². The maximum Gasteiger partial charge on any atom is 0.338 e. The van der Waals surface area contributed by atoms with Gasteiger partial charge in [0.05, 0.1) is 34.1 Å². The molecule has 0 saturated carbocycles. The molecule has 0 amide bonds. The van der Waals surface area contributed by atoms with E-state index in [0.717, 1.165) is 11.1 Å². The summed E-state index contributed by atoms with van der Waals surface area (Å²) in [4.78, 5) is 44.6. The Labute approximate surface area is 276 Å². The van der Waals surface area contributed by atoms with Crippen molar-refractivity contribution >= 4 is 28.9 Å². The van der Waals surface area contributed by atoms with Gasteiger partial charge in [-0.2, -0.15) is 0 Å². The highest BCUT2D eigenvalue weighted by molar-refractivity contribution is 5.91. The second-order valence-corrected chi connectivity index (χ2v) is 11.2. The molecule has 0 radical (unpaired) electrons. The number of esters is 3. The zero-order valence-electron chi connectivity index (χ0n) is 25.6. The zero-order valence-corrected chi connectivity index (χ0v) is 25.6. The van der Waals surface area contributed by atoms with Crippen molar-refractivity contribution in [1.29, 1.82) is 0 Å². The van der Waals surface area contributed by atoms with Gasteiger partial charge in [-0.05, 0) is 59.7 Å². The van der Waals surface area contributed by atoms with E-state index in [0.29, 0.717) is 27.7 Å². The van der Waals surface area contributed by atoms with Crippen LogP contribution in [-0.4, -0.2) is 52.4 Å². The number of ether oxygens (including phenoxy) is 4. The Morgan fingerprint density at radius 2 is 1.12 bits per heavy atom. The monoisotopic (exact) mass is 638 g/mol. The number of fused-ring (bicyclic) bond motifs is 1. The van der Waals surface area contributed by atoms with Gasteiger partial charge >= 0.3 is 17.9 Å². The first-order valence-electron chi connectivity index (χ1n) is 15.5. The van der Waals surface area contributed by atoms with Crippen LogP contribution in [0.2, 0.25) is 0 Å². The molecule has 1 aromatic heterocycles. The summed E-state index contributed by atoms with van der Waals surface area (Å²) >= 11 is 0. The van der Waals surface area contributed by atoms with E-state index in [9.17, 15) is 14.4 Å². The maximum atomic E-state index is 13.5. The Bertz CT molecular complexity index is 2030. The summed E-state index contributed by atoms with van der Waals surface area (Å²) in [6.07, 6.45) is -2.71. The molecular formula is C39H30N2O7. The van der Waals surface area contributed by atoms with Gasteiger partial charge in [0.2, 0.25) is 0 Å². The van der Waals surface area contributed by atoms with Gasteiger partial charge in [-0.15, -0.1) is 0 Å². The highest BCUT2D eigenvalue weighted by Crippen LogP contribution is 2.38. The maximum absolute atomic E-state index is 13.5. The van der Waals surface area contributed by atoms with Crippen LogP contribution in [0.4, 0.5) is 0 Å². The van der Waals surface area contributed by atoms with Crippen molar-refractivity contribution in [2.75, 3.05) is 6.61 Å². The molecule has 48 heavy (non-hydrogen) atoms. The smallest absolute Gasteiger partial charge is 0.338 e. The fourth-order valence-electron chi connectivity index (χ4n) is 5.72. The Kier molecular flexibility index (Phi) is 8.76. The van der Waals surface area contributed by atoms with E-state index < -0.39 is 42.4 Å². The SMILES string of the molecule is O=C(OC[C@H]1O[C@@H](n2cnc3ccc(-c4ccccc4)cc32)[C@H](OC(=O)c2ccccc2)[C@@H]1OC(=O)c1ccccc1)c1ccccc1. The van der Waals surface area contributed by atoms with Crippen molar-refractivity contribution in [1.82, 2.24) is 9.55 Å². The van der Waals surface area contributed by atoms with Crippen LogP contribution in [0.5, 0.6) is 0 Å². The van der Waals surface area contributed by atoms with E-state index in [1.807, 2.05) is 48.5 Å². The van der Waals surface area contributed by atoms with E-state index in [-0.39, 0.29) is 6.61 Å². The Morgan fingerprint density at radius 3 is 1.71 bits per heavy atom. The number of hydrogen-bond acceptors (Lipinski definition) is 8. The molecule has 0 unspecified atom stereocenters. The van der Waals surface area contributed by atoms with Crippen LogP contribution in [-0.2, 0) is 18.9 Å². The summed E-state index contributed by atoms with van der Waals surface area (Å²) in [6, 6.07) is 41.3. The van der Waals surface area contributed by atoms with Crippen molar-refractivity contribution in [2.24, 2.45) is 0 Å². The molecule has 9 heteroatoms. The normalized spacial score (nSPS) is 18.7. The molecule has 1 saturated heterocycles. The zero-order chi connectivity index (χ0) is 32.9. The van der Waals surface area contributed by atoms with E-state index in [2.05, 4.69) is 4.98 Å². The quantitative estimate of drug-likeness (QED) is 0.124. The average molecular weight is 639 g/mol. The molecule has 1 aliphatic rings. The molecule has 0 N–H and O–H groups in total. The lowest BCUT2D eigenvalue weighted by Crippen LogP contribution is -2.41. The largest absolute Gasteiger partial charge is 0.459 e. The molecule has 2 heterocycles. The fraction of sp³-hybridized carbons (Fsp3) is 0.128. The molecule has 0 bridgehead atoms. The van der Waals surface area contributed by atoms with Gasteiger partial charge in [-0.3, -0.25) is 0 Å². The van der Waals surface area contributed by atoms with Crippen molar-refractivity contribution in [3.05, 3.63) is 163 Å². The Hall–Kier alpha value is -6.06. The number of nitrogens with zero attached hydrogens (tertiary/aromatic N) is 2. The molecule has 238 valence electrons. The van der Waals surface area contributed by atoms with Gasteiger partial charge in [0.1, 0.15) is 12.7 Å². The third-order valence-corrected chi connectivity index (χ3v) is 8.14. The molecule has 7 rings (SSSR count). The van der Waals surface area contributed by atoms with Crippen molar-refractivity contribution in [3.8, 4) is 11.1 Å². The van der Waals surface area contributed by atoms with E-state index >= 15 is 0 Å². The van der Waals surface area contributed by atoms with Crippen LogP contribution in [0.25, 0.3) is 22.2 Å². The number of imidazole rings is 1. The molecular weight excluding hydrogens is 608 g/mol. The Morgan fingerprint density at radius 1 is 0.604 bits per heavy atom. The number of carbonyl (C=O) groups is 3. The number of rotatable bonds is 9.